The average molecular weight is 407 g/mol. The zero-order valence-electron chi connectivity index (χ0n) is 17.3. The molecule has 1 aromatic carbocycles. The molecule has 4 rings (SSSR count). The first-order valence-electron chi connectivity index (χ1n) is 10.3. The maximum atomic E-state index is 12.4. The van der Waals surface area contributed by atoms with Crippen molar-refractivity contribution in [2.45, 2.75) is 39.5 Å². The van der Waals surface area contributed by atoms with E-state index in [0.29, 0.717) is 29.2 Å². The SMILES string of the molecule is Cc1nc(N2CCCC2)nc(C)c1NC(=O)CCCN1C(=O)c2ccccc2C1=O. The van der Waals surface area contributed by atoms with E-state index >= 15 is 0 Å². The van der Waals surface area contributed by atoms with E-state index in [9.17, 15) is 14.4 Å². The van der Waals surface area contributed by atoms with Crippen molar-refractivity contribution in [3.8, 4) is 0 Å². The van der Waals surface area contributed by atoms with Crippen LogP contribution in [0.5, 0.6) is 0 Å². The van der Waals surface area contributed by atoms with Crippen molar-refractivity contribution >= 4 is 29.4 Å². The topological polar surface area (TPSA) is 95.5 Å². The lowest BCUT2D eigenvalue weighted by molar-refractivity contribution is -0.116. The number of nitrogens with one attached hydrogen (secondary N) is 1. The van der Waals surface area contributed by atoms with Crippen molar-refractivity contribution in [3.63, 3.8) is 0 Å². The smallest absolute Gasteiger partial charge is 0.261 e. The van der Waals surface area contributed by atoms with Gasteiger partial charge in [0.05, 0.1) is 28.2 Å². The maximum absolute atomic E-state index is 12.4. The van der Waals surface area contributed by atoms with Crippen LogP contribution < -0.4 is 10.2 Å². The number of rotatable bonds is 6. The van der Waals surface area contributed by atoms with Gasteiger partial charge in [0.1, 0.15) is 0 Å². The number of anilines is 2. The Morgan fingerprint density at radius 1 is 1.00 bits per heavy atom. The van der Waals surface area contributed by atoms with Gasteiger partial charge in [-0.1, -0.05) is 12.1 Å². The molecule has 0 atom stereocenters. The van der Waals surface area contributed by atoms with Gasteiger partial charge in [-0.05, 0) is 45.2 Å². The molecular weight excluding hydrogens is 382 g/mol. The molecule has 2 aliphatic rings. The summed E-state index contributed by atoms with van der Waals surface area (Å²) in [6.45, 7) is 5.86. The summed E-state index contributed by atoms with van der Waals surface area (Å²) in [4.78, 5) is 49.7. The molecule has 1 N–H and O–H groups in total. The summed E-state index contributed by atoms with van der Waals surface area (Å²) in [5, 5.41) is 2.89. The van der Waals surface area contributed by atoms with Gasteiger partial charge in [-0.3, -0.25) is 19.3 Å². The van der Waals surface area contributed by atoms with Gasteiger partial charge in [0.2, 0.25) is 11.9 Å². The molecule has 1 saturated heterocycles. The van der Waals surface area contributed by atoms with Crippen LogP contribution in [0, 0.1) is 13.8 Å². The highest BCUT2D eigenvalue weighted by Crippen LogP contribution is 2.24. The highest BCUT2D eigenvalue weighted by molar-refractivity contribution is 6.21. The molecular formula is C22H25N5O3. The Morgan fingerprint density at radius 3 is 2.13 bits per heavy atom. The van der Waals surface area contributed by atoms with Gasteiger partial charge in [0.15, 0.2) is 0 Å². The van der Waals surface area contributed by atoms with Crippen LogP contribution >= 0.6 is 0 Å². The minimum Gasteiger partial charge on any atom is -0.341 e. The molecule has 0 bridgehead atoms. The van der Waals surface area contributed by atoms with Gasteiger partial charge in [-0.2, -0.15) is 0 Å². The first-order valence-corrected chi connectivity index (χ1v) is 10.3. The van der Waals surface area contributed by atoms with Crippen molar-refractivity contribution in [1.82, 2.24) is 14.9 Å². The average Bonchev–Trinajstić information content (AvgIpc) is 3.34. The lowest BCUT2D eigenvalue weighted by Gasteiger charge is -2.18. The van der Waals surface area contributed by atoms with E-state index in [1.54, 1.807) is 24.3 Å². The van der Waals surface area contributed by atoms with Crippen molar-refractivity contribution in [3.05, 3.63) is 46.8 Å². The van der Waals surface area contributed by atoms with Crippen LogP contribution in [0.15, 0.2) is 24.3 Å². The molecule has 3 heterocycles. The summed E-state index contributed by atoms with van der Waals surface area (Å²) >= 11 is 0. The minimum atomic E-state index is -0.298. The Hall–Kier alpha value is -3.29. The van der Waals surface area contributed by atoms with Crippen LogP contribution in [0.2, 0.25) is 0 Å². The van der Waals surface area contributed by atoms with E-state index in [0.717, 1.165) is 37.3 Å². The van der Waals surface area contributed by atoms with Gasteiger partial charge < -0.3 is 10.2 Å². The van der Waals surface area contributed by atoms with Crippen LogP contribution in [0.1, 0.15) is 57.8 Å². The molecule has 1 fully saturated rings. The largest absolute Gasteiger partial charge is 0.341 e. The van der Waals surface area contributed by atoms with Crippen molar-refractivity contribution in [2.24, 2.45) is 0 Å². The Labute approximate surface area is 175 Å². The number of nitrogens with zero attached hydrogens (tertiary/aromatic N) is 4. The number of aromatic nitrogens is 2. The summed E-state index contributed by atoms with van der Waals surface area (Å²) in [6.07, 6.45) is 2.88. The summed E-state index contributed by atoms with van der Waals surface area (Å²) < 4.78 is 0. The van der Waals surface area contributed by atoms with E-state index in [1.165, 1.54) is 4.90 Å². The van der Waals surface area contributed by atoms with Crippen LogP contribution in [0.4, 0.5) is 11.6 Å². The molecule has 0 spiro atoms. The number of imide groups is 1. The predicted octanol–water partition coefficient (Wildman–Crippen LogP) is 2.71. The standard InChI is InChI=1S/C22H25N5O3/c1-14-19(15(2)24-22(23-14)26-11-5-6-12-26)25-18(28)10-7-13-27-20(29)16-8-3-4-9-17(16)21(27)30/h3-4,8-9H,5-7,10-13H2,1-2H3,(H,25,28). The number of carbonyl (C=O) groups is 3. The zero-order chi connectivity index (χ0) is 21.3. The summed E-state index contributed by atoms with van der Waals surface area (Å²) in [5.41, 5.74) is 2.95. The van der Waals surface area contributed by atoms with Gasteiger partial charge >= 0.3 is 0 Å². The lowest BCUT2D eigenvalue weighted by atomic mass is 10.1. The van der Waals surface area contributed by atoms with Gasteiger partial charge in [-0.15, -0.1) is 0 Å². The second kappa shape index (κ2) is 8.22. The molecule has 1 aromatic heterocycles. The summed E-state index contributed by atoms with van der Waals surface area (Å²) in [7, 11) is 0. The predicted molar refractivity (Wildman–Crippen MR) is 113 cm³/mol. The van der Waals surface area contributed by atoms with Crippen molar-refractivity contribution in [2.75, 3.05) is 29.9 Å². The third kappa shape index (κ3) is 3.77. The highest BCUT2D eigenvalue weighted by atomic mass is 16.2. The van der Waals surface area contributed by atoms with Crippen molar-refractivity contribution in [1.29, 1.82) is 0 Å². The molecule has 30 heavy (non-hydrogen) atoms. The normalized spacial score (nSPS) is 15.7. The lowest BCUT2D eigenvalue weighted by Crippen LogP contribution is -2.31. The molecule has 156 valence electrons. The maximum Gasteiger partial charge on any atom is 0.261 e. The summed E-state index contributed by atoms with van der Waals surface area (Å²) in [6, 6.07) is 6.78. The number of carbonyl (C=O) groups excluding carboxylic acids is 3. The molecule has 8 nitrogen and oxygen atoms in total. The molecule has 0 radical (unpaired) electrons. The van der Waals surface area contributed by atoms with Gasteiger partial charge in [-0.25, -0.2) is 9.97 Å². The monoisotopic (exact) mass is 407 g/mol. The fourth-order valence-corrected chi connectivity index (χ4v) is 3.98. The van der Waals surface area contributed by atoms with E-state index < -0.39 is 0 Å². The van der Waals surface area contributed by atoms with E-state index in [1.807, 2.05) is 13.8 Å². The third-order valence-corrected chi connectivity index (χ3v) is 5.58. The Kier molecular flexibility index (Phi) is 5.48. The number of hydrogen-bond acceptors (Lipinski definition) is 6. The van der Waals surface area contributed by atoms with Gasteiger partial charge in [0.25, 0.3) is 11.8 Å². The molecule has 0 aliphatic carbocycles. The Morgan fingerprint density at radius 2 is 1.57 bits per heavy atom. The number of fused-ring (bicyclic) bond motifs is 1. The summed E-state index contributed by atoms with van der Waals surface area (Å²) in [5.74, 6) is -0.0661. The zero-order valence-corrected chi connectivity index (χ0v) is 17.3. The fourth-order valence-electron chi connectivity index (χ4n) is 3.98. The number of aryl methyl sites for hydroxylation is 2. The Bertz CT molecular complexity index is 956. The molecule has 8 heteroatoms. The molecule has 3 amide bonds. The fraction of sp³-hybridized carbons (Fsp3) is 0.409. The van der Waals surface area contributed by atoms with E-state index in [2.05, 4.69) is 20.2 Å². The molecule has 2 aliphatic heterocycles. The quantitative estimate of drug-likeness (QED) is 0.740. The third-order valence-electron chi connectivity index (χ3n) is 5.58. The second-order valence-corrected chi connectivity index (χ2v) is 7.72. The highest BCUT2D eigenvalue weighted by Gasteiger charge is 2.34. The minimum absolute atomic E-state index is 0.185. The van der Waals surface area contributed by atoms with E-state index in [-0.39, 0.29) is 30.7 Å². The number of hydrogen-bond donors (Lipinski definition) is 1. The first kappa shape index (κ1) is 20.0. The molecule has 0 unspecified atom stereocenters. The van der Waals surface area contributed by atoms with Crippen LogP contribution in [0.3, 0.4) is 0 Å². The van der Waals surface area contributed by atoms with Crippen LogP contribution in [0.25, 0.3) is 0 Å². The number of benzene rings is 1. The Balaban J connectivity index is 1.33. The number of amides is 3. The van der Waals surface area contributed by atoms with Crippen molar-refractivity contribution < 1.29 is 14.4 Å². The van der Waals surface area contributed by atoms with Gasteiger partial charge in [0, 0.05) is 26.1 Å². The van der Waals surface area contributed by atoms with Crippen LogP contribution in [-0.4, -0.2) is 52.2 Å². The molecule has 0 saturated carbocycles. The first-order chi connectivity index (χ1) is 14.5. The van der Waals surface area contributed by atoms with E-state index in [4.69, 9.17) is 0 Å². The van der Waals surface area contributed by atoms with Crippen LogP contribution in [-0.2, 0) is 4.79 Å². The molecule has 2 aromatic rings. The second-order valence-electron chi connectivity index (χ2n) is 7.72.